The molecular formula is C25H26N2SSi. The molecule has 0 spiro atoms. The van der Waals surface area contributed by atoms with Crippen LogP contribution in [0.1, 0.15) is 30.9 Å². The van der Waals surface area contributed by atoms with E-state index in [1.165, 1.54) is 22.4 Å². The van der Waals surface area contributed by atoms with E-state index in [0.717, 1.165) is 17.7 Å². The Morgan fingerprint density at radius 2 is 1.69 bits per heavy atom. The lowest BCUT2D eigenvalue weighted by molar-refractivity contribution is 0.580. The van der Waals surface area contributed by atoms with Crippen LogP contribution in [0.25, 0.3) is 0 Å². The molecule has 2 nitrogen and oxygen atoms in total. The quantitative estimate of drug-likeness (QED) is 0.367. The molecule has 1 unspecified atom stereocenters. The maximum absolute atomic E-state index is 5.62. The van der Waals surface area contributed by atoms with Crippen LogP contribution in [0.2, 0.25) is 6.04 Å². The lowest BCUT2D eigenvalue weighted by Gasteiger charge is -2.43. The molecule has 0 saturated carbocycles. The Balaban J connectivity index is 2.06. The van der Waals surface area contributed by atoms with Gasteiger partial charge in [-0.05, 0) is 17.2 Å². The second-order valence-electron chi connectivity index (χ2n) is 7.53. The summed E-state index contributed by atoms with van der Waals surface area (Å²) in [6.45, 7) is 2.29. The van der Waals surface area contributed by atoms with Crippen molar-refractivity contribution in [1.29, 1.82) is 0 Å². The first-order chi connectivity index (χ1) is 14.3. The largest absolute Gasteiger partial charge is 0.326 e. The van der Waals surface area contributed by atoms with E-state index < -0.39 is 8.80 Å². The first-order valence-electron chi connectivity index (χ1n) is 10.3. The van der Waals surface area contributed by atoms with Gasteiger partial charge in [-0.15, -0.1) is 0 Å². The monoisotopic (exact) mass is 414 g/mol. The highest BCUT2D eigenvalue weighted by molar-refractivity contribution is 7.80. The van der Waals surface area contributed by atoms with Crippen LogP contribution >= 0.6 is 12.2 Å². The van der Waals surface area contributed by atoms with Gasteiger partial charge < -0.3 is 4.57 Å². The highest BCUT2D eigenvalue weighted by Crippen LogP contribution is 2.41. The van der Waals surface area contributed by atoms with Gasteiger partial charge in [-0.25, -0.2) is 4.98 Å². The summed E-state index contributed by atoms with van der Waals surface area (Å²) in [5, 5.41) is 1.17. The molecule has 0 fully saturated rings. The third kappa shape index (κ3) is 3.70. The SMILES string of the molecule is CCC[SiH](C1=CC(=S)CC=C1)C(c1ccccc1)(c1ccccc1)n1ccnc1. The Kier molecular flexibility index (Phi) is 6.02. The average molecular weight is 415 g/mol. The van der Waals surface area contributed by atoms with Gasteiger partial charge in [0.2, 0.25) is 0 Å². The summed E-state index contributed by atoms with van der Waals surface area (Å²) in [5.41, 5.74) is 2.64. The van der Waals surface area contributed by atoms with E-state index >= 15 is 0 Å². The molecule has 0 amide bonds. The molecule has 29 heavy (non-hydrogen) atoms. The molecule has 1 aliphatic rings. The van der Waals surface area contributed by atoms with Gasteiger partial charge >= 0.3 is 0 Å². The standard InChI is InChI=1S/C25H26N2SSi/c1-2-18-29(24-15-9-14-23(28)19-24)25(27-17-16-26-20-27,21-10-5-3-6-11-21)22-12-7-4-8-13-22/h3-13,15-17,19-20,29H,2,14,18H2,1H3. The molecule has 0 N–H and O–H groups in total. The molecule has 2 aromatic carbocycles. The van der Waals surface area contributed by atoms with Crippen molar-refractivity contribution in [3.8, 4) is 0 Å². The second kappa shape index (κ2) is 8.85. The zero-order chi connectivity index (χ0) is 20.1. The fourth-order valence-electron chi connectivity index (χ4n) is 4.63. The van der Waals surface area contributed by atoms with E-state index in [0.29, 0.717) is 0 Å². The minimum Gasteiger partial charge on any atom is -0.326 e. The average Bonchev–Trinajstić information content (AvgIpc) is 3.30. The Morgan fingerprint density at radius 3 is 2.21 bits per heavy atom. The predicted octanol–water partition coefficient (Wildman–Crippen LogP) is 5.65. The third-order valence-electron chi connectivity index (χ3n) is 5.78. The summed E-state index contributed by atoms with van der Waals surface area (Å²) in [4.78, 5) is 5.50. The maximum Gasteiger partial charge on any atom is 0.112 e. The Morgan fingerprint density at radius 1 is 1.03 bits per heavy atom. The van der Waals surface area contributed by atoms with E-state index in [1.54, 1.807) is 0 Å². The number of hydrogen-bond acceptors (Lipinski definition) is 2. The molecule has 0 saturated heterocycles. The molecule has 0 radical (unpaired) electrons. The van der Waals surface area contributed by atoms with E-state index in [9.17, 15) is 0 Å². The minimum absolute atomic E-state index is 0.266. The van der Waals surface area contributed by atoms with E-state index in [2.05, 4.69) is 102 Å². The van der Waals surface area contributed by atoms with Gasteiger partial charge in [0.1, 0.15) is 8.80 Å². The molecular weight excluding hydrogens is 388 g/mol. The summed E-state index contributed by atoms with van der Waals surface area (Å²) in [7, 11) is -1.64. The number of aromatic nitrogens is 2. The number of imidazole rings is 1. The fraction of sp³-hybridized carbons (Fsp3) is 0.200. The third-order valence-corrected chi connectivity index (χ3v) is 10.4. The molecule has 3 aromatic rings. The van der Waals surface area contributed by atoms with Crippen molar-refractivity contribution in [1.82, 2.24) is 9.55 Å². The van der Waals surface area contributed by atoms with Gasteiger partial charge in [-0.1, -0.05) is 110 Å². The minimum atomic E-state index is -1.64. The van der Waals surface area contributed by atoms with E-state index in [1.807, 2.05) is 12.5 Å². The summed E-state index contributed by atoms with van der Waals surface area (Å²) in [5.74, 6) is 0. The topological polar surface area (TPSA) is 17.8 Å². The lowest BCUT2D eigenvalue weighted by Crippen LogP contribution is -2.51. The summed E-state index contributed by atoms with van der Waals surface area (Å²) < 4.78 is 2.34. The van der Waals surface area contributed by atoms with Crippen LogP contribution in [0.5, 0.6) is 0 Å². The Labute approximate surface area is 180 Å². The molecule has 4 heteroatoms. The lowest BCUT2D eigenvalue weighted by atomic mass is 9.97. The first kappa shape index (κ1) is 19.7. The smallest absolute Gasteiger partial charge is 0.112 e. The number of benzene rings is 2. The van der Waals surface area contributed by atoms with Gasteiger partial charge in [-0.2, -0.15) is 0 Å². The maximum atomic E-state index is 5.62. The fourth-order valence-corrected chi connectivity index (χ4v) is 9.26. The van der Waals surface area contributed by atoms with Crippen LogP contribution in [0, 0.1) is 0 Å². The predicted molar refractivity (Wildman–Crippen MR) is 128 cm³/mol. The van der Waals surface area contributed by atoms with Crippen LogP contribution < -0.4 is 0 Å². The number of nitrogens with zero attached hydrogens (tertiary/aromatic N) is 2. The number of thiocarbonyl (C=S) groups is 1. The van der Waals surface area contributed by atoms with Crippen molar-refractivity contribution in [2.24, 2.45) is 0 Å². The van der Waals surface area contributed by atoms with Crippen LogP contribution in [0.4, 0.5) is 0 Å². The molecule has 4 rings (SSSR count). The van der Waals surface area contributed by atoms with Gasteiger partial charge in [0, 0.05) is 23.7 Å². The van der Waals surface area contributed by atoms with Gasteiger partial charge in [0.05, 0.1) is 11.5 Å². The Bertz CT molecular complexity index is 968. The Hall–Kier alpha value is -2.56. The van der Waals surface area contributed by atoms with Crippen LogP contribution in [-0.4, -0.2) is 23.2 Å². The normalized spacial score (nSPS) is 15.2. The van der Waals surface area contributed by atoms with Gasteiger partial charge in [-0.3, -0.25) is 0 Å². The summed E-state index contributed by atoms with van der Waals surface area (Å²) >= 11 is 5.62. The van der Waals surface area contributed by atoms with Gasteiger partial charge in [0.15, 0.2) is 0 Å². The summed E-state index contributed by atoms with van der Waals surface area (Å²) in [6.07, 6.45) is 14.9. The number of rotatable bonds is 7. The molecule has 0 bridgehead atoms. The molecule has 1 aromatic heterocycles. The van der Waals surface area contributed by atoms with Crippen LogP contribution in [0.15, 0.2) is 103 Å². The molecule has 0 aliphatic heterocycles. The van der Waals surface area contributed by atoms with Crippen molar-refractivity contribution in [2.45, 2.75) is 31.0 Å². The number of allylic oxidation sites excluding steroid dienone is 4. The zero-order valence-corrected chi connectivity index (χ0v) is 18.7. The molecule has 1 heterocycles. The van der Waals surface area contributed by atoms with Crippen molar-refractivity contribution in [3.05, 3.63) is 114 Å². The van der Waals surface area contributed by atoms with Crippen LogP contribution in [0.3, 0.4) is 0 Å². The number of hydrogen-bond donors (Lipinski definition) is 0. The molecule has 146 valence electrons. The van der Waals surface area contributed by atoms with Crippen molar-refractivity contribution < 1.29 is 0 Å². The summed E-state index contributed by atoms with van der Waals surface area (Å²) in [6, 6.07) is 23.1. The molecule has 1 aliphatic carbocycles. The highest BCUT2D eigenvalue weighted by Gasteiger charge is 2.45. The molecule has 1 atom stereocenters. The van der Waals surface area contributed by atoms with E-state index in [-0.39, 0.29) is 5.16 Å². The van der Waals surface area contributed by atoms with Crippen molar-refractivity contribution in [3.63, 3.8) is 0 Å². The first-order valence-corrected chi connectivity index (χ1v) is 12.6. The van der Waals surface area contributed by atoms with Crippen molar-refractivity contribution in [2.75, 3.05) is 0 Å². The second-order valence-corrected chi connectivity index (χ2v) is 11.2. The van der Waals surface area contributed by atoms with Crippen molar-refractivity contribution >= 4 is 25.9 Å². The van der Waals surface area contributed by atoms with E-state index in [4.69, 9.17) is 12.2 Å². The van der Waals surface area contributed by atoms with Crippen LogP contribution in [-0.2, 0) is 5.16 Å². The zero-order valence-electron chi connectivity index (χ0n) is 16.7. The van der Waals surface area contributed by atoms with Gasteiger partial charge in [0.25, 0.3) is 0 Å². The highest BCUT2D eigenvalue weighted by atomic mass is 32.1.